The zero-order valence-corrected chi connectivity index (χ0v) is 9.91. The van der Waals surface area contributed by atoms with Crippen LogP contribution >= 0.6 is 0 Å². The van der Waals surface area contributed by atoms with Crippen LogP contribution in [0, 0.1) is 5.41 Å². The molecule has 0 aromatic heterocycles. The van der Waals surface area contributed by atoms with Crippen molar-refractivity contribution in [3.8, 4) is 0 Å². The van der Waals surface area contributed by atoms with Gasteiger partial charge in [0, 0.05) is 12.6 Å². The lowest BCUT2D eigenvalue weighted by molar-refractivity contribution is -0.110. The second kappa shape index (κ2) is 5.61. The molecule has 0 aromatic carbocycles. The molecule has 0 saturated heterocycles. The van der Waals surface area contributed by atoms with Crippen LogP contribution in [0.1, 0.15) is 39.5 Å². The Hall–Kier alpha value is -0.410. The van der Waals surface area contributed by atoms with E-state index in [-0.39, 0.29) is 12.0 Å². The standard InChI is InChI=1S/C12H23NO2/c1-12(2)6-4-3-5-11(12)13(7-9-14)8-10-15/h9,11,15H,3-8,10H2,1-2H3. The number of aldehydes is 1. The Morgan fingerprint density at radius 3 is 2.73 bits per heavy atom. The smallest absolute Gasteiger partial charge is 0.133 e. The van der Waals surface area contributed by atoms with Gasteiger partial charge in [-0.2, -0.15) is 0 Å². The minimum Gasteiger partial charge on any atom is -0.395 e. The lowest BCUT2D eigenvalue weighted by Crippen LogP contribution is -2.48. The van der Waals surface area contributed by atoms with Crippen molar-refractivity contribution in [1.82, 2.24) is 4.90 Å². The maximum absolute atomic E-state index is 10.6. The quantitative estimate of drug-likeness (QED) is 0.703. The third kappa shape index (κ3) is 3.28. The van der Waals surface area contributed by atoms with Gasteiger partial charge in [-0.25, -0.2) is 0 Å². The van der Waals surface area contributed by atoms with E-state index >= 15 is 0 Å². The average Bonchev–Trinajstić information content (AvgIpc) is 2.17. The first kappa shape index (κ1) is 12.7. The van der Waals surface area contributed by atoms with E-state index in [1.807, 2.05) is 0 Å². The van der Waals surface area contributed by atoms with Crippen LogP contribution in [-0.4, -0.2) is 42.0 Å². The predicted octanol–water partition coefficient (Wildman–Crippen LogP) is 1.45. The second-order valence-corrected chi connectivity index (χ2v) is 5.14. The van der Waals surface area contributed by atoms with E-state index < -0.39 is 0 Å². The average molecular weight is 213 g/mol. The van der Waals surface area contributed by atoms with E-state index in [1.165, 1.54) is 19.3 Å². The fraction of sp³-hybridized carbons (Fsp3) is 0.917. The first-order valence-electron chi connectivity index (χ1n) is 5.90. The van der Waals surface area contributed by atoms with E-state index in [9.17, 15) is 4.79 Å². The summed E-state index contributed by atoms with van der Waals surface area (Å²) in [5, 5.41) is 9.01. The largest absolute Gasteiger partial charge is 0.395 e. The van der Waals surface area contributed by atoms with Crippen LogP contribution in [0.4, 0.5) is 0 Å². The molecule has 1 fully saturated rings. The van der Waals surface area contributed by atoms with Crippen molar-refractivity contribution in [1.29, 1.82) is 0 Å². The van der Waals surface area contributed by atoms with Gasteiger partial charge in [0.15, 0.2) is 0 Å². The molecule has 88 valence electrons. The molecule has 0 bridgehead atoms. The molecule has 1 unspecified atom stereocenters. The van der Waals surface area contributed by atoms with Crippen molar-refractivity contribution in [2.45, 2.75) is 45.6 Å². The normalized spacial score (nSPS) is 25.5. The molecule has 1 N–H and O–H groups in total. The minimum atomic E-state index is 0.139. The summed E-state index contributed by atoms with van der Waals surface area (Å²) in [6, 6.07) is 0.448. The van der Waals surface area contributed by atoms with Crippen LogP contribution in [0.15, 0.2) is 0 Å². The molecule has 1 rings (SSSR count). The molecule has 1 saturated carbocycles. The highest BCUT2D eigenvalue weighted by atomic mass is 16.3. The van der Waals surface area contributed by atoms with Crippen molar-refractivity contribution < 1.29 is 9.90 Å². The van der Waals surface area contributed by atoms with Gasteiger partial charge in [0.25, 0.3) is 0 Å². The number of hydrogen-bond acceptors (Lipinski definition) is 3. The fourth-order valence-electron chi connectivity index (χ4n) is 2.75. The van der Waals surface area contributed by atoms with Crippen LogP contribution in [0.25, 0.3) is 0 Å². The number of aliphatic hydroxyl groups excluding tert-OH is 1. The van der Waals surface area contributed by atoms with Gasteiger partial charge in [-0.05, 0) is 18.3 Å². The van der Waals surface area contributed by atoms with E-state index in [2.05, 4.69) is 18.7 Å². The summed E-state index contributed by atoms with van der Waals surface area (Å²) in [7, 11) is 0. The Morgan fingerprint density at radius 2 is 2.20 bits per heavy atom. The van der Waals surface area contributed by atoms with Crippen molar-refractivity contribution >= 4 is 6.29 Å². The summed E-state index contributed by atoms with van der Waals surface area (Å²) in [4.78, 5) is 12.8. The number of nitrogens with zero attached hydrogens (tertiary/aromatic N) is 1. The Kier molecular flexibility index (Phi) is 4.74. The zero-order chi connectivity index (χ0) is 11.3. The van der Waals surface area contributed by atoms with Gasteiger partial charge in [-0.3, -0.25) is 4.90 Å². The fourth-order valence-corrected chi connectivity index (χ4v) is 2.75. The summed E-state index contributed by atoms with van der Waals surface area (Å²) < 4.78 is 0. The summed E-state index contributed by atoms with van der Waals surface area (Å²) in [5.74, 6) is 0. The zero-order valence-electron chi connectivity index (χ0n) is 9.91. The number of aliphatic hydroxyl groups is 1. The molecule has 0 aromatic rings. The van der Waals surface area contributed by atoms with Crippen LogP contribution in [-0.2, 0) is 4.79 Å². The van der Waals surface area contributed by atoms with E-state index in [0.717, 1.165) is 12.7 Å². The second-order valence-electron chi connectivity index (χ2n) is 5.14. The van der Waals surface area contributed by atoms with E-state index in [4.69, 9.17) is 5.11 Å². The van der Waals surface area contributed by atoms with Crippen LogP contribution in [0.5, 0.6) is 0 Å². The van der Waals surface area contributed by atoms with Gasteiger partial charge in [0.05, 0.1) is 13.2 Å². The highest BCUT2D eigenvalue weighted by molar-refractivity contribution is 5.52. The Labute approximate surface area is 92.5 Å². The van der Waals surface area contributed by atoms with Crippen molar-refractivity contribution in [2.75, 3.05) is 19.7 Å². The molecule has 0 amide bonds. The lowest BCUT2D eigenvalue weighted by Gasteiger charge is -2.44. The Bertz CT molecular complexity index is 204. The van der Waals surface area contributed by atoms with Crippen LogP contribution < -0.4 is 0 Å². The molecule has 1 aliphatic carbocycles. The van der Waals surface area contributed by atoms with Gasteiger partial charge < -0.3 is 9.90 Å². The van der Waals surface area contributed by atoms with Gasteiger partial charge in [-0.1, -0.05) is 26.7 Å². The molecule has 0 radical (unpaired) electrons. The minimum absolute atomic E-state index is 0.139. The van der Waals surface area contributed by atoms with Gasteiger partial charge in [-0.15, -0.1) is 0 Å². The first-order valence-corrected chi connectivity index (χ1v) is 5.90. The highest BCUT2D eigenvalue weighted by Gasteiger charge is 2.35. The Morgan fingerprint density at radius 1 is 1.47 bits per heavy atom. The third-order valence-corrected chi connectivity index (χ3v) is 3.59. The van der Waals surface area contributed by atoms with Gasteiger partial charge in [0.1, 0.15) is 6.29 Å². The molecule has 0 spiro atoms. The summed E-state index contributed by atoms with van der Waals surface area (Å²) in [5.41, 5.74) is 0.274. The molecule has 0 heterocycles. The SMILES string of the molecule is CC1(C)CCCCC1N(CC=O)CCO. The van der Waals surface area contributed by atoms with E-state index in [1.54, 1.807) is 0 Å². The molecule has 15 heavy (non-hydrogen) atoms. The molecular formula is C12H23NO2. The maximum Gasteiger partial charge on any atom is 0.133 e. The van der Waals surface area contributed by atoms with Crippen molar-refractivity contribution in [3.63, 3.8) is 0 Å². The predicted molar refractivity (Wildman–Crippen MR) is 60.8 cm³/mol. The highest BCUT2D eigenvalue weighted by Crippen LogP contribution is 2.38. The molecule has 1 aliphatic rings. The molecule has 3 heteroatoms. The number of hydrogen-bond donors (Lipinski definition) is 1. The van der Waals surface area contributed by atoms with E-state index in [0.29, 0.717) is 19.1 Å². The monoisotopic (exact) mass is 213 g/mol. The summed E-state index contributed by atoms with van der Waals surface area (Å²) in [6.07, 6.45) is 5.85. The number of carbonyl (C=O) groups excluding carboxylic acids is 1. The lowest BCUT2D eigenvalue weighted by atomic mass is 9.72. The van der Waals surface area contributed by atoms with Crippen LogP contribution in [0.3, 0.4) is 0 Å². The van der Waals surface area contributed by atoms with Gasteiger partial charge in [0.2, 0.25) is 0 Å². The number of rotatable bonds is 5. The number of carbonyl (C=O) groups is 1. The van der Waals surface area contributed by atoms with Crippen molar-refractivity contribution in [3.05, 3.63) is 0 Å². The summed E-state index contributed by atoms with van der Waals surface area (Å²) >= 11 is 0. The van der Waals surface area contributed by atoms with Gasteiger partial charge >= 0.3 is 0 Å². The maximum atomic E-state index is 10.6. The molecule has 0 aliphatic heterocycles. The van der Waals surface area contributed by atoms with Crippen molar-refractivity contribution in [2.24, 2.45) is 5.41 Å². The first-order chi connectivity index (χ1) is 7.11. The summed E-state index contributed by atoms with van der Waals surface area (Å²) in [6.45, 7) is 5.75. The Balaban J connectivity index is 2.66. The molecule has 3 nitrogen and oxygen atoms in total. The molecule has 1 atom stereocenters. The topological polar surface area (TPSA) is 40.5 Å². The third-order valence-electron chi connectivity index (χ3n) is 3.59. The van der Waals surface area contributed by atoms with Crippen LogP contribution in [0.2, 0.25) is 0 Å². The molecular weight excluding hydrogens is 190 g/mol.